The number of hydrogen-bond acceptors (Lipinski definition) is 5. The number of nitrogens with zero attached hydrogens (tertiary/aromatic N) is 1. The maximum atomic E-state index is 12.4. The first-order valence-electron chi connectivity index (χ1n) is 7.53. The Kier molecular flexibility index (Phi) is 5.29. The summed E-state index contributed by atoms with van der Waals surface area (Å²) in [5, 5.41) is 12.4. The van der Waals surface area contributed by atoms with Crippen molar-refractivity contribution in [2.45, 2.75) is 0 Å². The van der Waals surface area contributed by atoms with Gasteiger partial charge in [-0.15, -0.1) is 0 Å². The van der Waals surface area contributed by atoms with Crippen LogP contribution in [-0.4, -0.2) is 33.6 Å². The van der Waals surface area contributed by atoms with Crippen LogP contribution in [0.25, 0.3) is 6.08 Å². The van der Waals surface area contributed by atoms with Gasteiger partial charge < -0.3 is 10.4 Å². The third-order valence-corrected chi connectivity index (χ3v) is 4.69. The van der Waals surface area contributed by atoms with Crippen LogP contribution >= 0.6 is 23.4 Å². The van der Waals surface area contributed by atoms with Crippen LogP contribution in [0.15, 0.2) is 53.4 Å². The number of halogens is 1. The van der Waals surface area contributed by atoms with Crippen molar-refractivity contribution in [3.05, 3.63) is 64.0 Å². The van der Waals surface area contributed by atoms with E-state index >= 15 is 0 Å². The van der Waals surface area contributed by atoms with E-state index in [4.69, 9.17) is 11.6 Å². The van der Waals surface area contributed by atoms with Gasteiger partial charge in [-0.3, -0.25) is 19.3 Å². The molecule has 0 bridgehead atoms. The molecule has 1 aliphatic heterocycles. The highest BCUT2D eigenvalue weighted by Gasteiger charge is 2.36. The molecule has 8 heteroatoms. The monoisotopic (exact) mass is 388 g/mol. The number of aromatic hydroxyl groups is 1. The van der Waals surface area contributed by atoms with Crippen molar-refractivity contribution >= 4 is 52.2 Å². The van der Waals surface area contributed by atoms with Crippen LogP contribution < -0.4 is 5.32 Å². The maximum absolute atomic E-state index is 12.4. The van der Waals surface area contributed by atoms with Crippen molar-refractivity contribution in [3.63, 3.8) is 0 Å². The van der Waals surface area contributed by atoms with Crippen LogP contribution in [0.4, 0.5) is 10.5 Å². The molecule has 132 valence electrons. The first kappa shape index (κ1) is 18.0. The number of imide groups is 1. The number of nitrogens with one attached hydrogen (secondary N) is 1. The van der Waals surface area contributed by atoms with Gasteiger partial charge in [-0.2, -0.15) is 0 Å². The Labute approximate surface area is 158 Å². The van der Waals surface area contributed by atoms with Crippen LogP contribution in [0.2, 0.25) is 5.02 Å². The van der Waals surface area contributed by atoms with Crippen molar-refractivity contribution in [1.82, 2.24) is 4.90 Å². The molecule has 0 aliphatic carbocycles. The van der Waals surface area contributed by atoms with Gasteiger partial charge >= 0.3 is 0 Å². The van der Waals surface area contributed by atoms with E-state index in [2.05, 4.69) is 5.32 Å². The first-order chi connectivity index (χ1) is 12.4. The number of phenolic OH excluding ortho intramolecular Hbond substituents is 1. The van der Waals surface area contributed by atoms with Gasteiger partial charge in [0.15, 0.2) is 0 Å². The number of thioether (sulfide) groups is 1. The largest absolute Gasteiger partial charge is 0.507 e. The molecule has 0 atom stereocenters. The highest BCUT2D eigenvalue weighted by molar-refractivity contribution is 8.18. The molecule has 1 aliphatic rings. The predicted molar refractivity (Wildman–Crippen MR) is 101 cm³/mol. The van der Waals surface area contributed by atoms with Gasteiger partial charge in [-0.05, 0) is 48.2 Å². The Balaban J connectivity index is 1.70. The summed E-state index contributed by atoms with van der Waals surface area (Å²) in [7, 11) is 0. The van der Waals surface area contributed by atoms with Crippen molar-refractivity contribution < 1.29 is 19.5 Å². The number of hydrogen-bond donors (Lipinski definition) is 2. The molecule has 2 N–H and O–H groups in total. The van der Waals surface area contributed by atoms with Gasteiger partial charge in [-0.1, -0.05) is 29.8 Å². The smallest absolute Gasteiger partial charge is 0.294 e. The molecule has 1 saturated heterocycles. The van der Waals surface area contributed by atoms with E-state index in [1.54, 1.807) is 42.5 Å². The second-order valence-corrected chi connectivity index (χ2v) is 6.81. The van der Waals surface area contributed by atoms with Crippen LogP contribution in [0.3, 0.4) is 0 Å². The number of carbonyl (C=O) groups excluding carboxylic acids is 3. The second kappa shape index (κ2) is 7.63. The second-order valence-electron chi connectivity index (χ2n) is 5.38. The van der Waals surface area contributed by atoms with Crippen molar-refractivity contribution in [2.24, 2.45) is 0 Å². The molecule has 0 aromatic heterocycles. The summed E-state index contributed by atoms with van der Waals surface area (Å²) in [6.07, 6.45) is 1.43. The lowest BCUT2D eigenvalue weighted by Gasteiger charge is -2.12. The summed E-state index contributed by atoms with van der Waals surface area (Å²) in [6, 6.07) is 12.9. The van der Waals surface area contributed by atoms with E-state index in [1.807, 2.05) is 0 Å². The molecule has 6 nitrogen and oxygen atoms in total. The van der Waals surface area contributed by atoms with Crippen molar-refractivity contribution in [1.29, 1.82) is 0 Å². The Bertz CT molecular complexity index is 912. The molecule has 0 radical (unpaired) electrons. The summed E-state index contributed by atoms with van der Waals surface area (Å²) >= 11 is 6.51. The van der Waals surface area contributed by atoms with Crippen LogP contribution in [-0.2, 0) is 9.59 Å². The number of anilines is 1. The van der Waals surface area contributed by atoms with Crippen LogP contribution in [0, 0.1) is 0 Å². The van der Waals surface area contributed by atoms with E-state index in [9.17, 15) is 19.5 Å². The summed E-state index contributed by atoms with van der Waals surface area (Å²) in [4.78, 5) is 37.6. The van der Waals surface area contributed by atoms with Crippen LogP contribution in [0.1, 0.15) is 5.56 Å². The number of benzene rings is 2. The number of carbonyl (C=O) groups is 3. The normalized spacial score (nSPS) is 15.6. The fraction of sp³-hybridized carbons (Fsp3) is 0.0556. The Morgan fingerprint density at radius 3 is 2.54 bits per heavy atom. The van der Waals surface area contributed by atoms with E-state index in [0.717, 1.165) is 16.7 Å². The molecule has 0 saturated carbocycles. The summed E-state index contributed by atoms with van der Waals surface area (Å²) in [6.45, 7) is -0.397. The average Bonchev–Trinajstić information content (AvgIpc) is 2.86. The minimum Gasteiger partial charge on any atom is -0.507 e. The van der Waals surface area contributed by atoms with Crippen molar-refractivity contribution in [3.8, 4) is 5.75 Å². The number of amides is 3. The minimum absolute atomic E-state index is 0.000203. The minimum atomic E-state index is -0.575. The molecule has 3 amide bonds. The fourth-order valence-electron chi connectivity index (χ4n) is 2.26. The highest BCUT2D eigenvalue weighted by Crippen LogP contribution is 2.33. The number of para-hydroxylation sites is 1. The lowest BCUT2D eigenvalue weighted by atomic mass is 10.2. The lowest BCUT2D eigenvalue weighted by molar-refractivity contribution is -0.127. The first-order valence-corrected chi connectivity index (χ1v) is 8.72. The average molecular weight is 389 g/mol. The predicted octanol–water partition coefficient (Wildman–Crippen LogP) is 3.72. The third kappa shape index (κ3) is 4.07. The van der Waals surface area contributed by atoms with E-state index in [1.165, 1.54) is 12.1 Å². The molecule has 2 aromatic carbocycles. The summed E-state index contributed by atoms with van der Waals surface area (Å²) in [5.41, 5.74) is 0.930. The zero-order chi connectivity index (χ0) is 18.7. The highest BCUT2D eigenvalue weighted by atomic mass is 35.5. The number of rotatable bonds is 4. The SMILES string of the molecule is O=C(CN1C(=O)S/C(=C\c2ccccc2O)C1=O)Nc1ccc(Cl)cc1. The fourth-order valence-corrected chi connectivity index (χ4v) is 3.22. The maximum Gasteiger partial charge on any atom is 0.294 e. The quantitative estimate of drug-likeness (QED) is 0.779. The molecule has 2 aromatic rings. The van der Waals surface area contributed by atoms with E-state index in [0.29, 0.717) is 16.3 Å². The molecule has 3 rings (SSSR count). The number of phenols is 1. The molecular weight excluding hydrogens is 376 g/mol. The van der Waals surface area contributed by atoms with Gasteiger partial charge in [-0.25, -0.2) is 0 Å². The molecule has 1 fully saturated rings. The summed E-state index contributed by atoms with van der Waals surface area (Å²) in [5.74, 6) is -1.08. The van der Waals surface area contributed by atoms with Gasteiger partial charge in [0, 0.05) is 16.3 Å². The zero-order valence-corrected chi connectivity index (χ0v) is 14.9. The standard InChI is InChI=1S/C18H13ClN2O4S/c19-12-5-7-13(8-6-12)20-16(23)10-21-17(24)15(26-18(21)25)9-11-3-1-2-4-14(11)22/h1-9,22H,10H2,(H,20,23)/b15-9-. The molecular formula is C18H13ClN2O4S. The molecule has 0 spiro atoms. The van der Waals surface area contributed by atoms with Gasteiger partial charge in [0.25, 0.3) is 11.1 Å². The Morgan fingerprint density at radius 1 is 1.15 bits per heavy atom. The van der Waals surface area contributed by atoms with E-state index in [-0.39, 0.29) is 10.7 Å². The zero-order valence-electron chi connectivity index (χ0n) is 13.3. The molecule has 26 heavy (non-hydrogen) atoms. The summed E-state index contributed by atoms with van der Waals surface area (Å²) < 4.78 is 0. The Hall–Kier alpha value is -2.77. The van der Waals surface area contributed by atoms with E-state index < -0.39 is 23.6 Å². The van der Waals surface area contributed by atoms with Crippen LogP contribution in [0.5, 0.6) is 5.75 Å². The lowest BCUT2D eigenvalue weighted by Crippen LogP contribution is -2.36. The topological polar surface area (TPSA) is 86.7 Å². The van der Waals surface area contributed by atoms with Gasteiger partial charge in [0.1, 0.15) is 12.3 Å². The Morgan fingerprint density at radius 2 is 1.85 bits per heavy atom. The third-order valence-electron chi connectivity index (χ3n) is 3.53. The van der Waals surface area contributed by atoms with Gasteiger partial charge in [0.2, 0.25) is 5.91 Å². The molecule has 1 heterocycles. The van der Waals surface area contributed by atoms with Gasteiger partial charge in [0.05, 0.1) is 4.91 Å². The van der Waals surface area contributed by atoms with Crippen molar-refractivity contribution in [2.75, 3.05) is 11.9 Å². The molecule has 0 unspecified atom stereocenters.